The highest BCUT2D eigenvalue weighted by molar-refractivity contribution is 5.99. The van der Waals surface area contributed by atoms with Crippen LogP contribution < -0.4 is 59.7 Å². The lowest BCUT2D eigenvalue weighted by atomic mass is 9.98. The molecule has 0 bridgehead atoms. The van der Waals surface area contributed by atoms with Crippen molar-refractivity contribution in [1.82, 2.24) is 72.3 Å². The Morgan fingerprint density at radius 2 is 1.22 bits per heavy atom. The number of nitrogens with one attached hydrogen (secondary N) is 10. The first-order valence-electron chi connectivity index (χ1n) is 29.3. The molecule has 33 nitrogen and oxygen atoms in total. The average molecular weight is 1250 g/mol. The van der Waals surface area contributed by atoms with Crippen LogP contribution in [-0.2, 0) is 76.8 Å². The average Bonchev–Trinajstić information content (AvgIpc) is 3.76. The lowest BCUT2D eigenvalue weighted by molar-refractivity contribution is -0.144. The van der Waals surface area contributed by atoms with Crippen molar-refractivity contribution in [2.24, 2.45) is 28.1 Å². The minimum Gasteiger partial charge on any atom is -0.481 e. The number of aliphatic imine (C=N–C) groups is 1. The predicted molar refractivity (Wildman–Crippen MR) is 315 cm³/mol. The molecule has 2 saturated heterocycles. The summed E-state index contributed by atoms with van der Waals surface area (Å²) in [5.74, 6) is -11.7. The molecular formula is C56H82N18O15. The van der Waals surface area contributed by atoms with Crippen LogP contribution in [0, 0.1) is 5.92 Å². The van der Waals surface area contributed by atoms with Crippen molar-refractivity contribution in [1.29, 1.82) is 0 Å². The second-order valence-electron chi connectivity index (χ2n) is 21.8. The largest absolute Gasteiger partial charge is 0.481 e. The molecule has 486 valence electrons. The van der Waals surface area contributed by atoms with Gasteiger partial charge in [-0.2, -0.15) is 0 Å². The smallest absolute Gasteiger partial charge is 0.326 e. The minimum atomic E-state index is -1.64. The van der Waals surface area contributed by atoms with E-state index in [2.05, 4.69) is 67.5 Å². The number of hydrogen-bond donors (Lipinski definition) is 16. The van der Waals surface area contributed by atoms with E-state index >= 15 is 0 Å². The molecule has 10 amide bonds. The lowest BCUT2D eigenvalue weighted by Gasteiger charge is -2.31. The molecule has 19 N–H and O–H groups in total. The number of aliphatic carboxylic acids is 2. The van der Waals surface area contributed by atoms with E-state index < -0.39 is 163 Å². The van der Waals surface area contributed by atoms with Gasteiger partial charge >= 0.3 is 11.9 Å². The van der Waals surface area contributed by atoms with E-state index in [9.17, 15) is 72.9 Å². The van der Waals surface area contributed by atoms with Crippen molar-refractivity contribution >= 4 is 77.0 Å². The number of hydrogen-bond acceptors (Lipinski definition) is 17. The molecule has 11 atom stereocenters. The van der Waals surface area contributed by atoms with E-state index in [4.69, 9.17) is 17.2 Å². The predicted octanol–water partition coefficient (Wildman–Crippen LogP) is -4.96. The van der Waals surface area contributed by atoms with Crippen molar-refractivity contribution in [3.05, 3.63) is 72.3 Å². The second-order valence-corrected chi connectivity index (χ2v) is 21.8. The number of aromatic nitrogens is 4. The van der Waals surface area contributed by atoms with Gasteiger partial charge in [0.25, 0.3) is 0 Å². The SMILES string of the molecule is CC[C@H](C)[C@H](NC(=O)CNC(=O)[C@@H]1CCCN1C(=O)[C@H](Cc1cnc[nH]1)NC(=O)[C@@H](N)Cc1cnc[nH]1)C(=O)N[C@@H](C)C(=O)N[C@@H](CCC(=O)O)C(=O)N[C@@H](Cc1ccccc1)C(=O)N1CCC[C@H]1C(=O)N[C@@H](CO)C(=O)N[C@@H](CCCN=C(N)N)C(=O)O. The Balaban J connectivity index is 1.21. The number of benzene rings is 1. The molecule has 5 rings (SSSR count). The number of carboxylic acids is 2. The highest BCUT2D eigenvalue weighted by atomic mass is 16.4. The second kappa shape index (κ2) is 34.7. The fourth-order valence-corrected chi connectivity index (χ4v) is 10.1. The van der Waals surface area contributed by atoms with Gasteiger partial charge in [0.05, 0.1) is 31.8 Å². The van der Waals surface area contributed by atoms with Gasteiger partial charge in [-0.05, 0) is 63.4 Å². The Kier molecular flexibility index (Phi) is 27.4. The fraction of sp³-hybridized carbons (Fsp3) is 0.554. The monoisotopic (exact) mass is 1250 g/mol. The number of likely N-dealkylation sites (tertiary alicyclic amines) is 2. The zero-order valence-corrected chi connectivity index (χ0v) is 49.8. The number of imidazole rings is 2. The normalized spacial score (nSPS) is 17.5. The molecule has 0 spiro atoms. The number of carboxylic acid groups (broad SMARTS) is 2. The van der Waals surface area contributed by atoms with Crippen molar-refractivity contribution in [2.45, 2.75) is 158 Å². The first-order chi connectivity index (χ1) is 42.4. The Bertz CT molecular complexity index is 2950. The van der Waals surface area contributed by atoms with E-state index in [-0.39, 0.29) is 77.0 Å². The molecule has 4 heterocycles. The number of aromatic amines is 2. The molecule has 1 aromatic carbocycles. The molecule has 0 aliphatic carbocycles. The van der Waals surface area contributed by atoms with Gasteiger partial charge in [0.2, 0.25) is 59.1 Å². The zero-order chi connectivity index (χ0) is 65.3. The van der Waals surface area contributed by atoms with Gasteiger partial charge in [-0.25, -0.2) is 14.8 Å². The standard InChI is InChI=1S/C56H82N18O15/c1-4-30(2)45(72-43(76)26-63-50(83)41-14-9-19-73(41)54(87)39(23-34-25-61-29-65-34)69-47(80)35(57)22-33-24-60-28-64-33)52(85)66-31(3)46(79)67-36(16-17-44(77)78)48(81)70-38(21-32-11-6-5-7-12-32)53(86)74-20-10-15-42(74)51(84)71-40(27-75)49(82)68-37(55(88)89)13-8-18-62-56(58)59/h5-7,11-12,24-25,28-31,35-42,45,75H,4,8-10,13-23,26-27,57H2,1-3H3,(H,60,64)(H,61,65)(H,63,83)(H,66,85)(H,67,79)(H,68,82)(H,69,80)(H,70,81)(H,71,84)(H,72,76)(H,77,78)(H,88,89)(H4,58,59,62)/t30-,31-,35-,36-,37-,38-,39-,40-,41-,42-,45-/m0/s1. The summed E-state index contributed by atoms with van der Waals surface area (Å²) in [5, 5.41) is 49.6. The molecule has 3 aromatic rings. The Labute approximate surface area is 512 Å². The maximum Gasteiger partial charge on any atom is 0.326 e. The first kappa shape index (κ1) is 70.2. The summed E-state index contributed by atoms with van der Waals surface area (Å²) >= 11 is 0. The first-order valence-corrected chi connectivity index (χ1v) is 29.3. The van der Waals surface area contributed by atoms with Gasteiger partial charge in [0.15, 0.2) is 5.96 Å². The molecule has 0 unspecified atom stereocenters. The minimum absolute atomic E-state index is 0.000974. The third-order valence-electron chi connectivity index (χ3n) is 15.1. The van der Waals surface area contributed by atoms with Gasteiger partial charge in [0.1, 0.15) is 54.4 Å². The summed E-state index contributed by atoms with van der Waals surface area (Å²) < 4.78 is 0. The van der Waals surface area contributed by atoms with Crippen LogP contribution >= 0.6 is 0 Å². The van der Waals surface area contributed by atoms with Gasteiger partial charge in [-0.3, -0.25) is 57.7 Å². The summed E-state index contributed by atoms with van der Waals surface area (Å²) in [7, 11) is 0. The van der Waals surface area contributed by atoms with Crippen LogP contribution in [0.4, 0.5) is 0 Å². The number of aliphatic hydroxyl groups excluding tert-OH is 1. The van der Waals surface area contributed by atoms with Crippen LogP contribution in [0.15, 0.2) is 60.4 Å². The summed E-state index contributed by atoms with van der Waals surface area (Å²) in [6, 6.07) is -4.93. The van der Waals surface area contributed by atoms with Crippen molar-refractivity contribution in [2.75, 3.05) is 32.8 Å². The lowest BCUT2D eigenvalue weighted by Crippen LogP contribution is -2.60. The Hall–Kier alpha value is -9.53. The Morgan fingerprint density at radius 3 is 1.79 bits per heavy atom. The molecule has 0 radical (unpaired) electrons. The summed E-state index contributed by atoms with van der Waals surface area (Å²) in [6.45, 7) is 3.32. The van der Waals surface area contributed by atoms with E-state index in [0.29, 0.717) is 29.8 Å². The van der Waals surface area contributed by atoms with E-state index in [0.717, 1.165) is 0 Å². The van der Waals surface area contributed by atoms with Gasteiger partial charge < -0.3 is 94.8 Å². The van der Waals surface area contributed by atoms with E-state index in [1.54, 1.807) is 44.2 Å². The van der Waals surface area contributed by atoms with Gasteiger partial charge in [0, 0.05) is 69.1 Å². The van der Waals surface area contributed by atoms with Crippen LogP contribution in [-0.4, -0.2) is 215 Å². The number of amides is 10. The van der Waals surface area contributed by atoms with Gasteiger partial charge in [-0.15, -0.1) is 0 Å². The number of nitrogens with two attached hydrogens (primary N) is 3. The third-order valence-corrected chi connectivity index (χ3v) is 15.1. The highest BCUT2D eigenvalue weighted by Gasteiger charge is 2.42. The number of aliphatic hydroxyl groups is 1. The maximum atomic E-state index is 14.6. The quantitative estimate of drug-likeness (QED) is 0.0149. The number of nitrogens with zero attached hydrogens (tertiary/aromatic N) is 5. The van der Waals surface area contributed by atoms with Crippen LogP contribution in [0.5, 0.6) is 0 Å². The molecule has 2 aliphatic heterocycles. The number of rotatable bonds is 35. The van der Waals surface area contributed by atoms with Crippen LogP contribution in [0.1, 0.15) is 95.5 Å². The van der Waals surface area contributed by atoms with Crippen molar-refractivity contribution in [3.63, 3.8) is 0 Å². The molecule has 33 heteroatoms. The molecule has 0 saturated carbocycles. The number of guanidine groups is 1. The molecule has 2 fully saturated rings. The van der Waals surface area contributed by atoms with Crippen molar-refractivity contribution < 1.29 is 72.9 Å². The molecule has 89 heavy (non-hydrogen) atoms. The number of H-pyrrole nitrogens is 2. The van der Waals surface area contributed by atoms with Crippen LogP contribution in [0.2, 0.25) is 0 Å². The molecule has 2 aromatic heterocycles. The summed E-state index contributed by atoms with van der Waals surface area (Å²) in [5.41, 5.74) is 18.5. The fourth-order valence-electron chi connectivity index (χ4n) is 10.1. The maximum absolute atomic E-state index is 14.6. The van der Waals surface area contributed by atoms with E-state index in [1.165, 1.54) is 41.8 Å². The summed E-state index contributed by atoms with van der Waals surface area (Å²) in [6.07, 6.45) is 6.08. The Morgan fingerprint density at radius 1 is 0.663 bits per heavy atom. The number of carbonyl (C=O) groups is 12. The third kappa shape index (κ3) is 21.7. The van der Waals surface area contributed by atoms with Gasteiger partial charge in [-0.1, -0.05) is 50.6 Å². The molecule has 2 aliphatic rings. The summed E-state index contributed by atoms with van der Waals surface area (Å²) in [4.78, 5) is 182. The number of carbonyl (C=O) groups excluding carboxylic acids is 10. The topological polar surface area (TPSA) is 516 Å². The zero-order valence-electron chi connectivity index (χ0n) is 49.8. The van der Waals surface area contributed by atoms with Crippen LogP contribution in [0.3, 0.4) is 0 Å². The molecular weight excluding hydrogens is 1160 g/mol. The van der Waals surface area contributed by atoms with Crippen LogP contribution in [0.25, 0.3) is 0 Å². The van der Waals surface area contributed by atoms with E-state index in [1.807, 2.05) is 0 Å². The highest BCUT2D eigenvalue weighted by Crippen LogP contribution is 2.22. The van der Waals surface area contributed by atoms with Crippen molar-refractivity contribution in [3.8, 4) is 0 Å².